The van der Waals surface area contributed by atoms with Gasteiger partial charge in [-0.25, -0.2) is 0 Å². The Hall–Kier alpha value is -6.40. The van der Waals surface area contributed by atoms with Gasteiger partial charge in [0.1, 0.15) is 22.8 Å². The van der Waals surface area contributed by atoms with Gasteiger partial charge in [-0.2, -0.15) is 9.97 Å². The number of hydrogen-bond acceptors (Lipinski definition) is 6. The predicted molar refractivity (Wildman–Crippen MR) is 265 cm³/mol. The third kappa shape index (κ3) is 7.75. The zero-order chi connectivity index (χ0) is 44.8. The van der Waals surface area contributed by atoms with Crippen LogP contribution in [-0.2, 0) is 21.7 Å². The summed E-state index contributed by atoms with van der Waals surface area (Å²) in [6.45, 7) is 29.0. The summed E-state index contributed by atoms with van der Waals surface area (Å²) >= 11 is 0. The molecule has 6 nitrogen and oxygen atoms in total. The van der Waals surface area contributed by atoms with Gasteiger partial charge in [0.25, 0.3) is 0 Å². The van der Waals surface area contributed by atoms with Crippen LogP contribution in [0.1, 0.15) is 111 Å². The quantitative estimate of drug-likeness (QED) is 0.166. The van der Waals surface area contributed by atoms with Gasteiger partial charge in [0.2, 0.25) is 11.4 Å². The average molecular weight is 833 g/mol. The Labute approximate surface area is 372 Å². The van der Waals surface area contributed by atoms with E-state index in [0.29, 0.717) is 11.4 Å². The maximum atomic E-state index is 6.70. The molecule has 4 aromatic heterocycles. The van der Waals surface area contributed by atoms with Gasteiger partial charge in [-0.1, -0.05) is 132 Å². The second-order valence-corrected chi connectivity index (χ2v) is 21.4. The van der Waals surface area contributed by atoms with Crippen LogP contribution in [0.25, 0.3) is 44.1 Å². The molecule has 0 aliphatic carbocycles. The molecule has 9 rings (SSSR count). The largest absolute Gasteiger partial charge is 0.437 e. The molecule has 9 aromatic rings. The average Bonchev–Trinajstić information content (AvgIpc) is 3.79. The zero-order valence-electron chi connectivity index (χ0n) is 39.2. The van der Waals surface area contributed by atoms with Crippen molar-refractivity contribution in [3.8, 4) is 0 Å². The molecule has 6 heteroatoms. The van der Waals surface area contributed by atoms with E-state index in [1.807, 2.05) is 0 Å². The molecule has 0 unspecified atom stereocenters. The van der Waals surface area contributed by atoms with Crippen LogP contribution in [0.15, 0.2) is 136 Å². The van der Waals surface area contributed by atoms with Crippen molar-refractivity contribution in [2.24, 2.45) is 0 Å². The summed E-state index contributed by atoms with van der Waals surface area (Å²) in [4.78, 5) is 14.9. The number of fused-ring (bicyclic) bond motifs is 6. The highest BCUT2D eigenvalue weighted by Gasteiger charge is 2.25. The second kappa shape index (κ2) is 14.9. The highest BCUT2D eigenvalue weighted by atomic mass is 16.4. The van der Waals surface area contributed by atoms with E-state index in [2.05, 4.69) is 227 Å². The highest BCUT2D eigenvalue weighted by Crippen LogP contribution is 2.43. The number of aromatic nitrogens is 2. The van der Waals surface area contributed by atoms with Crippen molar-refractivity contribution in [1.29, 1.82) is 0 Å². The van der Waals surface area contributed by atoms with E-state index in [4.69, 9.17) is 18.8 Å². The Bertz CT molecular complexity index is 2800. The molecule has 0 saturated heterocycles. The maximum absolute atomic E-state index is 6.70. The van der Waals surface area contributed by atoms with E-state index in [9.17, 15) is 0 Å². The van der Waals surface area contributed by atoms with Crippen LogP contribution in [0, 0.1) is 6.92 Å². The molecule has 0 N–H and O–H groups in total. The van der Waals surface area contributed by atoms with Crippen LogP contribution in [0.4, 0.5) is 34.4 Å². The first-order chi connectivity index (χ1) is 29.6. The standard InChI is InChI=1S/C57H60N4O2/c1-35-50-46(44-30-32-48(58-52(44)62-50)60(40-22-14-36(15-23-40)54(2,3)4)41-24-16-37(17-25-41)55(5,6)7)34-47-45-31-33-49(59-53(45)63-51(35)47)61(42-26-18-38(19-27-42)56(8,9)10)43-28-20-39(21-29-43)57(11,12)13/h14-34H,1-13H3. The Balaban J connectivity index is 1.14. The molecule has 0 radical (unpaired) electrons. The van der Waals surface area contributed by atoms with E-state index in [0.717, 1.165) is 72.7 Å². The molecule has 0 atom stereocenters. The normalized spacial score (nSPS) is 12.8. The number of rotatable bonds is 6. The van der Waals surface area contributed by atoms with Gasteiger partial charge in [0.05, 0.1) is 0 Å². The molecule has 4 heterocycles. The topological polar surface area (TPSA) is 58.5 Å². The number of anilines is 6. The SMILES string of the molecule is Cc1c2oc3nc(N(c4ccc(C(C)(C)C)cc4)c4ccc(C(C)(C)C)cc4)ccc3c2cc2c1oc1nc(N(c3ccc(C(C)(C)C)cc3)c3ccc(C(C)(C)C)cc3)ccc12. The second-order valence-electron chi connectivity index (χ2n) is 21.4. The number of benzene rings is 5. The monoisotopic (exact) mass is 832 g/mol. The lowest BCUT2D eigenvalue weighted by atomic mass is 9.86. The third-order valence-electron chi connectivity index (χ3n) is 12.6. The van der Waals surface area contributed by atoms with Crippen molar-refractivity contribution in [2.75, 3.05) is 9.80 Å². The van der Waals surface area contributed by atoms with Crippen molar-refractivity contribution in [1.82, 2.24) is 9.97 Å². The van der Waals surface area contributed by atoms with Crippen LogP contribution in [0.2, 0.25) is 0 Å². The molecule has 0 spiro atoms. The number of nitrogens with zero attached hydrogens (tertiary/aromatic N) is 4. The van der Waals surface area contributed by atoms with E-state index in [1.165, 1.54) is 22.3 Å². The Morgan fingerprint density at radius 1 is 0.349 bits per heavy atom. The molecular weight excluding hydrogens is 773 g/mol. The van der Waals surface area contributed by atoms with Gasteiger partial charge < -0.3 is 8.83 Å². The molecule has 0 bridgehead atoms. The first kappa shape index (κ1) is 41.9. The van der Waals surface area contributed by atoms with Gasteiger partial charge >= 0.3 is 0 Å². The lowest BCUT2D eigenvalue weighted by molar-refractivity contribution is 0.590. The molecular formula is C57H60N4O2. The zero-order valence-corrected chi connectivity index (χ0v) is 39.2. The fourth-order valence-corrected chi connectivity index (χ4v) is 8.58. The first-order valence-corrected chi connectivity index (χ1v) is 22.2. The number of aryl methyl sites for hydroxylation is 1. The molecule has 320 valence electrons. The van der Waals surface area contributed by atoms with Gasteiger partial charge in [0, 0.05) is 49.9 Å². The fourth-order valence-electron chi connectivity index (χ4n) is 8.58. The van der Waals surface area contributed by atoms with E-state index in [-0.39, 0.29) is 21.7 Å². The summed E-state index contributed by atoms with van der Waals surface area (Å²) in [5, 5.41) is 3.90. The first-order valence-electron chi connectivity index (χ1n) is 22.2. The molecule has 0 fully saturated rings. The minimum absolute atomic E-state index is 0.0437. The Morgan fingerprint density at radius 2 is 0.619 bits per heavy atom. The summed E-state index contributed by atoms with van der Waals surface area (Å²) in [5.41, 5.74) is 13.0. The van der Waals surface area contributed by atoms with Crippen LogP contribution in [0.3, 0.4) is 0 Å². The number of hydrogen-bond donors (Lipinski definition) is 0. The van der Waals surface area contributed by atoms with E-state index >= 15 is 0 Å². The highest BCUT2D eigenvalue weighted by molar-refractivity contribution is 6.16. The summed E-state index contributed by atoms with van der Waals surface area (Å²) in [5.74, 6) is 1.56. The lowest BCUT2D eigenvalue weighted by Gasteiger charge is -2.27. The van der Waals surface area contributed by atoms with Crippen LogP contribution >= 0.6 is 0 Å². The Kier molecular flexibility index (Phi) is 9.89. The maximum Gasteiger partial charge on any atom is 0.229 e. The summed E-state index contributed by atoms with van der Waals surface area (Å²) in [6.07, 6.45) is 0. The summed E-state index contributed by atoms with van der Waals surface area (Å²) in [7, 11) is 0. The van der Waals surface area contributed by atoms with Crippen LogP contribution in [0.5, 0.6) is 0 Å². The molecule has 0 aliphatic heterocycles. The number of furan rings is 2. The molecule has 0 saturated carbocycles. The smallest absolute Gasteiger partial charge is 0.229 e. The third-order valence-corrected chi connectivity index (χ3v) is 12.6. The van der Waals surface area contributed by atoms with Crippen molar-refractivity contribution in [3.05, 3.63) is 155 Å². The lowest BCUT2D eigenvalue weighted by Crippen LogP contribution is -2.15. The fraction of sp³-hybridized carbons (Fsp3) is 0.298. The van der Waals surface area contributed by atoms with Gasteiger partial charge in [-0.05, 0) is 130 Å². The van der Waals surface area contributed by atoms with Crippen molar-refractivity contribution in [3.63, 3.8) is 0 Å². The predicted octanol–water partition coefficient (Wildman–Crippen LogP) is 16.7. The van der Waals surface area contributed by atoms with E-state index in [1.54, 1.807) is 0 Å². The van der Waals surface area contributed by atoms with Crippen molar-refractivity contribution < 1.29 is 8.83 Å². The van der Waals surface area contributed by atoms with Gasteiger partial charge in [0.15, 0.2) is 0 Å². The Morgan fingerprint density at radius 3 is 0.873 bits per heavy atom. The molecule has 63 heavy (non-hydrogen) atoms. The summed E-state index contributed by atoms with van der Waals surface area (Å²) < 4.78 is 13.4. The van der Waals surface area contributed by atoms with Gasteiger partial charge in [-0.3, -0.25) is 9.80 Å². The van der Waals surface area contributed by atoms with Gasteiger partial charge in [-0.15, -0.1) is 0 Å². The summed E-state index contributed by atoms with van der Waals surface area (Å²) in [6, 6.07) is 46.0. The molecule has 5 aromatic carbocycles. The van der Waals surface area contributed by atoms with Crippen molar-refractivity contribution >= 4 is 78.5 Å². The molecule has 0 amide bonds. The van der Waals surface area contributed by atoms with E-state index < -0.39 is 0 Å². The van der Waals surface area contributed by atoms with Crippen LogP contribution in [-0.4, -0.2) is 9.97 Å². The number of pyridine rings is 2. The van der Waals surface area contributed by atoms with Crippen molar-refractivity contribution in [2.45, 2.75) is 112 Å². The van der Waals surface area contributed by atoms with Crippen LogP contribution < -0.4 is 9.80 Å². The minimum Gasteiger partial charge on any atom is -0.437 e. The molecule has 0 aliphatic rings. The minimum atomic E-state index is 0.0437.